The summed E-state index contributed by atoms with van der Waals surface area (Å²) in [5.74, 6) is -0.0553. The maximum atomic E-state index is 13.1. The number of aliphatic hydroxyl groups excluding tert-OH is 1. The van der Waals surface area contributed by atoms with Crippen LogP contribution in [-0.2, 0) is 4.74 Å². The van der Waals surface area contributed by atoms with Gasteiger partial charge in [-0.15, -0.1) is 0 Å². The molecule has 0 bridgehead atoms. The molecule has 23 heavy (non-hydrogen) atoms. The highest BCUT2D eigenvalue weighted by Gasteiger charge is 2.43. The van der Waals surface area contributed by atoms with Crippen LogP contribution in [0.4, 0.5) is 0 Å². The lowest BCUT2D eigenvalue weighted by Gasteiger charge is -2.29. The minimum atomic E-state index is -0.606. The number of fused-ring (bicyclic) bond motifs is 1. The Kier molecular flexibility index (Phi) is 3.39. The van der Waals surface area contributed by atoms with Crippen molar-refractivity contribution in [1.29, 1.82) is 0 Å². The summed E-state index contributed by atoms with van der Waals surface area (Å²) in [6, 6.07) is 3.91. The molecular weight excluding hydrogens is 294 g/mol. The maximum absolute atomic E-state index is 13.1. The van der Waals surface area contributed by atoms with Crippen molar-refractivity contribution >= 4 is 11.4 Å². The Balaban J connectivity index is 1.74. The summed E-state index contributed by atoms with van der Waals surface area (Å²) in [6.45, 7) is 4.73. The third-order valence-corrected chi connectivity index (χ3v) is 4.97. The molecule has 0 spiro atoms. The summed E-state index contributed by atoms with van der Waals surface area (Å²) in [4.78, 5) is 15.0. The molecule has 4 rings (SSSR count). The quantitative estimate of drug-likeness (QED) is 0.927. The summed E-state index contributed by atoms with van der Waals surface area (Å²) in [5.41, 5.74) is 3.58. The molecule has 1 aliphatic carbocycles. The fourth-order valence-corrected chi connectivity index (χ4v) is 3.32. The van der Waals surface area contributed by atoms with Crippen molar-refractivity contribution in [2.75, 3.05) is 13.2 Å². The average Bonchev–Trinajstić information content (AvgIpc) is 3.12. The Morgan fingerprint density at radius 2 is 2.13 bits per heavy atom. The molecule has 6 nitrogen and oxygen atoms in total. The van der Waals surface area contributed by atoms with E-state index in [1.807, 2.05) is 35.4 Å². The summed E-state index contributed by atoms with van der Waals surface area (Å²) in [7, 11) is 0. The van der Waals surface area contributed by atoms with Crippen LogP contribution in [0, 0.1) is 13.8 Å². The Morgan fingerprint density at radius 3 is 2.78 bits per heavy atom. The van der Waals surface area contributed by atoms with E-state index in [0.717, 1.165) is 29.6 Å². The molecule has 122 valence electrons. The molecule has 1 saturated heterocycles. The molecule has 1 amide bonds. The van der Waals surface area contributed by atoms with Gasteiger partial charge in [0.25, 0.3) is 5.91 Å². The molecule has 0 aromatic carbocycles. The molecule has 0 radical (unpaired) electrons. The van der Waals surface area contributed by atoms with Gasteiger partial charge >= 0.3 is 0 Å². The highest BCUT2D eigenvalue weighted by atomic mass is 16.5. The normalized spacial score (nSPS) is 24.3. The number of aromatic nitrogens is 2. The zero-order chi connectivity index (χ0) is 16.1. The van der Waals surface area contributed by atoms with E-state index >= 15 is 0 Å². The number of carbonyl (C=O) groups excluding carboxylic acids is 1. The van der Waals surface area contributed by atoms with Crippen LogP contribution in [0.1, 0.15) is 34.5 Å². The Bertz CT molecular complexity index is 766. The van der Waals surface area contributed by atoms with E-state index < -0.39 is 6.10 Å². The largest absolute Gasteiger partial charge is 0.388 e. The monoisotopic (exact) mass is 315 g/mol. The van der Waals surface area contributed by atoms with Crippen molar-refractivity contribution in [3.8, 4) is 0 Å². The Morgan fingerprint density at radius 1 is 1.35 bits per heavy atom. The number of amides is 1. The van der Waals surface area contributed by atoms with E-state index in [1.54, 1.807) is 6.20 Å². The van der Waals surface area contributed by atoms with Gasteiger partial charge in [-0.25, -0.2) is 4.52 Å². The lowest BCUT2D eigenvalue weighted by atomic mass is 10.1. The smallest absolute Gasteiger partial charge is 0.258 e. The highest BCUT2D eigenvalue weighted by Crippen LogP contribution is 2.33. The second-order valence-corrected chi connectivity index (χ2v) is 6.57. The summed E-state index contributed by atoms with van der Waals surface area (Å²) < 4.78 is 7.17. The number of hydrogen-bond donors (Lipinski definition) is 1. The third-order valence-electron chi connectivity index (χ3n) is 4.97. The molecule has 2 aliphatic rings. The average molecular weight is 315 g/mol. The van der Waals surface area contributed by atoms with Gasteiger partial charge in [0.05, 0.1) is 42.6 Å². The number of ether oxygens (including phenoxy) is 1. The van der Waals surface area contributed by atoms with Crippen LogP contribution in [0.15, 0.2) is 18.3 Å². The predicted molar refractivity (Wildman–Crippen MR) is 84.5 cm³/mol. The number of rotatable bonds is 3. The SMILES string of the molecule is Cc1ccc2c(C(=O)N(C3CC3)[C@@H]3COC[C@H]3O)cnn2c1C. The van der Waals surface area contributed by atoms with Gasteiger partial charge in [0.1, 0.15) is 0 Å². The molecule has 1 aliphatic heterocycles. The van der Waals surface area contributed by atoms with Crippen molar-refractivity contribution in [2.45, 2.75) is 44.9 Å². The van der Waals surface area contributed by atoms with Gasteiger partial charge in [-0.3, -0.25) is 4.79 Å². The van der Waals surface area contributed by atoms with E-state index in [2.05, 4.69) is 5.10 Å². The van der Waals surface area contributed by atoms with Gasteiger partial charge in [0.15, 0.2) is 0 Å². The zero-order valence-electron chi connectivity index (χ0n) is 13.4. The van der Waals surface area contributed by atoms with Gasteiger partial charge < -0.3 is 14.7 Å². The Labute approximate surface area is 134 Å². The number of aryl methyl sites for hydroxylation is 2. The zero-order valence-corrected chi connectivity index (χ0v) is 13.4. The highest BCUT2D eigenvalue weighted by molar-refractivity contribution is 6.01. The van der Waals surface area contributed by atoms with Crippen LogP contribution >= 0.6 is 0 Å². The molecule has 1 saturated carbocycles. The van der Waals surface area contributed by atoms with Crippen LogP contribution in [0.25, 0.3) is 5.52 Å². The molecule has 2 aromatic rings. The fraction of sp³-hybridized carbons (Fsp3) is 0.529. The molecule has 6 heteroatoms. The summed E-state index contributed by atoms with van der Waals surface area (Å²) in [5, 5.41) is 14.5. The molecule has 2 atom stereocenters. The lowest BCUT2D eigenvalue weighted by Crippen LogP contribution is -2.47. The van der Waals surface area contributed by atoms with Gasteiger partial charge in [-0.05, 0) is 38.3 Å². The van der Waals surface area contributed by atoms with Crippen molar-refractivity contribution in [3.63, 3.8) is 0 Å². The van der Waals surface area contributed by atoms with E-state index in [9.17, 15) is 9.90 Å². The van der Waals surface area contributed by atoms with Crippen molar-refractivity contribution < 1.29 is 14.6 Å². The second kappa shape index (κ2) is 5.32. The van der Waals surface area contributed by atoms with Gasteiger partial charge in [0, 0.05) is 11.7 Å². The first-order chi connectivity index (χ1) is 11.1. The fourth-order valence-electron chi connectivity index (χ4n) is 3.32. The first-order valence-electron chi connectivity index (χ1n) is 8.10. The van der Waals surface area contributed by atoms with E-state index in [-0.39, 0.29) is 18.0 Å². The van der Waals surface area contributed by atoms with Crippen LogP contribution < -0.4 is 0 Å². The molecular formula is C17H21N3O3. The van der Waals surface area contributed by atoms with Crippen molar-refractivity contribution in [3.05, 3.63) is 35.2 Å². The molecule has 0 unspecified atom stereocenters. The van der Waals surface area contributed by atoms with Crippen molar-refractivity contribution in [2.24, 2.45) is 0 Å². The van der Waals surface area contributed by atoms with Crippen LogP contribution in [0.5, 0.6) is 0 Å². The standard InChI is InChI=1S/C17H21N3O3/c1-10-3-6-14-13(7-18-20(14)11(10)2)17(22)19(12-4-5-12)15-8-23-9-16(15)21/h3,6-7,12,15-16,21H,4-5,8-9H2,1-2H3/t15-,16-/m1/s1. The number of hydrogen-bond acceptors (Lipinski definition) is 4. The van der Waals surface area contributed by atoms with Gasteiger partial charge in [0.2, 0.25) is 0 Å². The number of aliphatic hydroxyl groups is 1. The summed E-state index contributed by atoms with van der Waals surface area (Å²) in [6.07, 6.45) is 3.02. The Hall–Kier alpha value is -1.92. The third kappa shape index (κ3) is 2.33. The number of carbonyl (C=O) groups is 1. The maximum Gasteiger partial charge on any atom is 0.258 e. The van der Waals surface area contributed by atoms with E-state index in [4.69, 9.17) is 4.74 Å². The molecule has 3 heterocycles. The topological polar surface area (TPSA) is 67.1 Å². The van der Waals surface area contributed by atoms with Crippen molar-refractivity contribution in [1.82, 2.24) is 14.5 Å². The van der Waals surface area contributed by atoms with E-state index in [0.29, 0.717) is 18.8 Å². The van der Waals surface area contributed by atoms with E-state index in [1.165, 1.54) is 0 Å². The first kappa shape index (κ1) is 14.7. The number of pyridine rings is 1. The molecule has 2 fully saturated rings. The number of nitrogens with zero attached hydrogens (tertiary/aromatic N) is 3. The van der Waals surface area contributed by atoms with Gasteiger partial charge in [-0.2, -0.15) is 5.10 Å². The van der Waals surface area contributed by atoms with Crippen LogP contribution in [-0.4, -0.2) is 56.9 Å². The minimum absolute atomic E-state index is 0.0553. The minimum Gasteiger partial charge on any atom is -0.388 e. The summed E-state index contributed by atoms with van der Waals surface area (Å²) >= 11 is 0. The molecule has 1 N–H and O–H groups in total. The molecule has 2 aromatic heterocycles. The second-order valence-electron chi connectivity index (χ2n) is 6.57. The van der Waals surface area contributed by atoms with Crippen LogP contribution in [0.2, 0.25) is 0 Å². The van der Waals surface area contributed by atoms with Crippen LogP contribution in [0.3, 0.4) is 0 Å². The van der Waals surface area contributed by atoms with Gasteiger partial charge in [-0.1, -0.05) is 6.07 Å². The first-order valence-corrected chi connectivity index (χ1v) is 8.10. The lowest BCUT2D eigenvalue weighted by molar-refractivity contribution is 0.0480. The predicted octanol–water partition coefficient (Wildman–Crippen LogP) is 1.32.